The van der Waals surface area contributed by atoms with Crippen molar-refractivity contribution in [2.24, 2.45) is 5.84 Å². The average Bonchev–Trinajstić information content (AvgIpc) is 2.87. The molecule has 102 valence electrons. The second kappa shape index (κ2) is 5.73. The lowest BCUT2D eigenvalue weighted by Gasteiger charge is -2.13. The maximum Gasteiger partial charge on any atom is 0.152 e. The number of nitrogens with one attached hydrogen (secondary N) is 1. The summed E-state index contributed by atoms with van der Waals surface area (Å²) in [5.41, 5.74) is 4.53. The Morgan fingerprint density at radius 1 is 1.15 bits per heavy atom. The summed E-state index contributed by atoms with van der Waals surface area (Å²) in [4.78, 5) is 0. The largest absolute Gasteiger partial charge is 0.457 e. The standard InChI is InChI=1S/C15H12ClIN2O/c16-12-3-1-2-10-8-13(20-15(10)12)14(19-18)9-4-6-11(17)7-5-9/h1-8,14,19H,18H2. The average molecular weight is 399 g/mol. The molecule has 0 aliphatic heterocycles. The fourth-order valence-corrected chi connectivity index (χ4v) is 2.77. The molecule has 0 aliphatic carbocycles. The molecule has 1 atom stereocenters. The van der Waals surface area contributed by atoms with Gasteiger partial charge in [-0.3, -0.25) is 5.84 Å². The highest BCUT2D eigenvalue weighted by Gasteiger charge is 2.18. The zero-order chi connectivity index (χ0) is 14.1. The number of halogens is 2. The Labute approximate surface area is 135 Å². The molecular formula is C15H12ClIN2O. The van der Waals surface area contributed by atoms with E-state index in [0.29, 0.717) is 10.6 Å². The first-order chi connectivity index (χ1) is 9.69. The van der Waals surface area contributed by atoms with Crippen molar-refractivity contribution in [1.29, 1.82) is 0 Å². The van der Waals surface area contributed by atoms with E-state index in [-0.39, 0.29) is 6.04 Å². The number of rotatable bonds is 3. The predicted octanol–water partition coefficient (Wildman–Crippen LogP) is 4.24. The van der Waals surface area contributed by atoms with Crippen LogP contribution in [0.15, 0.2) is 52.9 Å². The van der Waals surface area contributed by atoms with Gasteiger partial charge < -0.3 is 4.42 Å². The molecule has 3 N–H and O–H groups in total. The minimum atomic E-state index is -0.199. The summed E-state index contributed by atoms with van der Waals surface area (Å²) in [6.45, 7) is 0. The second-order valence-corrected chi connectivity index (χ2v) is 6.11. The van der Waals surface area contributed by atoms with E-state index >= 15 is 0 Å². The van der Waals surface area contributed by atoms with Crippen molar-refractivity contribution in [2.45, 2.75) is 6.04 Å². The molecule has 2 aromatic carbocycles. The van der Waals surface area contributed by atoms with Crippen LogP contribution in [-0.2, 0) is 0 Å². The van der Waals surface area contributed by atoms with E-state index in [9.17, 15) is 0 Å². The van der Waals surface area contributed by atoms with E-state index in [0.717, 1.165) is 16.7 Å². The molecule has 0 saturated heterocycles. The number of furan rings is 1. The Bertz CT molecular complexity index is 739. The Hall–Kier alpha value is -1.08. The van der Waals surface area contributed by atoms with Gasteiger partial charge in [-0.25, -0.2) is 5.43 Å². The highest BCUT2D eigenvalue weighted by Crippen LogP contribution is 2.31. The van der Waals surface area contributed by atoms with Crippen molar-refractivity contribution in [2.75, 3.05) is 0 Å². The van der Waals surface area contributed by atoms with Crippen LogP contribution in [0.5, 0.6) is 0 Å². The maximum absolute atomic E-state index is 6.14. The fourth-order valence-electron chi connectivity index (χ4n) is 2.19. The van der Waals surface area contributed by atoms with Gasteiger partial charge in [-0.05, 0) is 52.4 Å². The summed E-state index contributed by atoms with van der Waals surface area (Å²) in [6.07, 6.45) is 0. The molecule has 20 heavy (non-hydrogen) atoms. The number of para-hydroxylation sites is 1. The van der Waals surface area contributed by atoms with Gasteiger partial charge in [0.15, 0.2) is 5.58 Å². The van der Waals surface area contributed by atoms with Crippen LogP contribution in [-0.4, -0.2) is 0 Å². The first-order valence-corrected chi connectivity index (χ1v) is 7.54. The van der Waals surface area contributed by atoms with E-state index in [2.05, 4.69) is 28.0 Å². The summed E-state index contributed by atoms with van der Waals surface area (Å²) in [7, 11) is 0. The molecule has 3 nitrogen and oxygen atoms in total. The van der Waals surface area contributed by atoms with Crippen LogP contribution < -0.4 is 11.3 Å². The van der Waals surface area contributed by atoms with Gasteiger partial charge in [0, 0.05) is 8.96 Å². The predicted molar refractivity (Wildman–Crippen MR) is 89.5 cm³/mol. The second-order valence-electron chi connectivity index (χ2n) is 4.46. The zero-order valence-corrected chi connectivity index (χ0v) is 13.4. The molecule has 3 aromatic rings. The van der Waals surface area contributed by atoms with Crippen LogP contribution in [0.1, 0.15) is 17.4 Å². The third-order valence-corrected chi connectivity index (χ3v) is 4.19. The Balaban J connectivity index is 2.07. The summed E-state index contributed by atoms with van der Waals surface area (Å²) < 4.78 is 7.04. The topological polar surface area (TPSA) is 51.2 Å². The molecule has 3 rings (SSSR count). The quantitative estimate of drug-likeness (QED) is 0.394. The molecule has 0 bridgehead atoms. The third-order valence-electron chi connectivity index (χ3n) is 3.17. The lowest BCUT2D eigenvalue weighted by molar-refractivity contribution is 0.477. The van der Waals surface area contributed by atoms with Gasteiger partial charge in [0.25, 0.3) is 0 Å². The van der Waals surface area contributed by atoms with Crippen LogP contribution in [0.25, 0.3) is 11.0 Å². The monoisotopic (exact) mass is 398 g/mol. The minimum absolute atomic E-state index is 0.199. The van der Waals surface area contributed by atoms with Crippen molar-refractivity contribution >= 4 is 45.2 Å². The van der Waals surface area contributed by atoms with Gasteiger partial charge in [-0.15, -0.1) is 0 Å². The lowest BCUT2D eigenvalue weighted by Crippen LogP contribution is -2.28. The van der Waals surface area contributed by atoms with E-state index in [1.165, 1.54) is 3.57 Å². The highest BCUT2D eigenvalue weighted by molar-refractivity contribution is 14.1. The molecule has 1 aromatic heterocycles. The summed E-state index contributed by atoms with van der Waals surface area (Å²) >= 11 is 8.41. The van der Waals surface area contributed by atoms with E-state index in [1.54, 1.807) is 0 Å². The number of hydrazine groups is 1. The minimum Gasteiger partial charge on any atom is -0.457 e. The zero-order valence-electron chi connectivity index (χ0n) is 10.4. The Morgan fingerprint density at radius 2 is 1.90 bits per heavy atom. The van der Waals surface area contributed by atoms with Gasteiger partial charge in [0.2, 0.25) is 0 Å². The Kier molecular flexibility index (Phi) is 3.98. The van der Waals surface area contributed by atoms with Crippen LogP contribution in [0.4, 0.5) is 0 Å². The molecular weight excluding hydrogens is 387 g/mol. The molecule has 5 heteroatoms. The van der Waals surface area contributed by atoms with Gasteiger partial charge in [-0.2, -0.15) is 0 Å². The third kappa shape index (κ3) is 2.56. The maximum atomic E-state index is 6.14. The van der Waals surface area contributed by atoms with Crippen LogP contribution in [0, 0.1) is 3.57 Å². The molecule has 0 aliphatic rings. The number of hydrogen-bond donors (Lipinski definition) is 2. The van der Waals surface area contributed by atoms with Crippen LogP contribution >= 0.6 is 34.2 Å². The smallest absolute Gasteiger partial charge is 0.152 e. The number of hydrogen-bond acceptors (Lipinski definition) is 3. The summed E-state index contributed by atoms with van der Waals surface area (Å²) in [5, 5.41) is 1.57. The van der Waals surface area contributed by atoms with Crippen LogP contribution in [0.2, 0.25) is 5.02 Å². The van der Waals surface area contributed by atoms with Crippen molar-refractivity contribution in [1.82, 2.24) is 5.43 Å². The van der Waals surface area contributed by atoms with Crippen molar-refractivity contribution in [3.05, 3.63) is 68.4 Å². The van der Waals surface area contributed by atoms with E-state index in [1.807, 2.05) is 48.5 Å². The van der Waals surface area contributed by atoms with Gasteiger partial charge in [0.05, 0.1) is 5.02 Å². The first-order valence-electron chi connectivity index (χ1n) is 6.08. The normalized spacial score (nSPS) is 12.8. The van der Waals surface area contributed by atoms with Crippen molar-refractivity contribution in [3.8, 4) is 0 Å². The molecule has 1 unspecified atom stereocenters. The molecule has 0 fully saturated rings. The molecule has 1 heterocycles. The number of fused-ring (bicyclic) bond motifs is 1. The molecule has 0 radical (unpaired) electrons. The first kappa shape index (κ1) is 13.9. The number of benzene rings is 2. The van der Waals surface area contributed by atoms with E-state index < -0.39 is 0 Å². The lowest BCUT2D eigenvalue weighted by atomic mass is 10.1. The SMILES string of the molecule is NNC(c1ccc(I)cc1)c1cc2cccc(Cl)c2o1. The molecule has 0 saturated carbocycles. The van der Waals surface area contributed by atoms with Gasteiger partial charge >= 0.3 is 0 Å². The van der Waals surface area contributed by atoms with Gasteiger partial charge in [0.1, 0.15) is 11.8 Å². The van der Waals surface area contributed by atoms with Gasteiger partial charge in [-0.1, -0.05) is 35.9 Å². The number of nitrogens with two attached hydrogens (primary N) is 1. The van der Waals surface area contributed by atoms with E-state index in [4.69, 9.17) is 21.9 Å². The molecule has 0 spiro atoms. The van der Waals surface area contributed by atoms with Crippen molar-refractivity contribution < 1.29 is 4.42 Å². The van der Waals surface area contributed by atoms with Crippen molar-refractivity contribution in [3.63, 3.8) is 0 Å². The summed E-state index contributed by atoms with van der Waals surface area (Å²) in [6, 6.07) is 15.6. The summed E-state index contributed by atoms with van der Waals surface area (Å²) in [5.74, 6) is 6.44. The Morgan fingerprint density at radius 3 is 2.55 bits per heavy atom. The molecule has 0 amide bonds. The van der Waals surface area contributed by atoms with Crippen LogP contribution in [0.3, 0.4) is 0 Å². The fraction of sp³-hybridized carbons (Fsp3) is 0.0667. The highest BCUT2D eigenvalue weighted by atomic mass is 127.